The second kappa shape index (κ2) is 9.03. The lowest BCUT2D eigenvalue weighted by atomic mass is 10.3. The molecule has 0 bridgehead atoms. The third kappa shape index (κ3) is 5.09. The first kappa shape index (κ1) is 19.4. The first-order chi connectivity index (χ1) is 12.5. The zero-order valence-electron chi connectivity index (χ0n) is 15.4. The van der Waals surface area contributed by atoms with Crippen LogP contribution < -0.4 is 10.2 Å². The van der Waals surface area contributed by atoms with Crippen LogP contribution in [0, 0.1) is 0 Å². The van der Waals surface area contributed by atoms with Crippen molar-refractivity contribution in [2.45, 2.75) is 13.1 Å². The van der Waals surface area contributed by atoms with E-state index in [0.717, 1.165) is 53.8 Å². The summed E-state index contributed by atoms with van der Waals surface area (Å²) < 4.78 is 0.864. The van der Waals surface area contributed by atoms with Crippen molar-refractivity contribution in [2.75, 3.05) is 52.2 Å². The molecule has 0 unspecified atom stereocenters. The Morgan fingerprint density at radius 3 is 2.65 bits per heavy atom. The van der Waals surface area contributed by atoms with Gasteiger partial charge in [0.05, 0.1) is 16.6 Å². The van der Waals surface area contributed by atoms with E-state index in [1.54, 1.807) is 22.7 Å². The van der Waals surface area contributed by atoms with Crippen LogP contribution in [0.15, 0.2) is 22.5 Å². The Hall–Kier alpha value is -1.35. The molecule has 0 amide bonds. The maximum atomic E-state index is 6.03. The molecule has 0 aromatic carbocycles. The molecule has 0 radical (unpaired) electrons. The SMILES string of the molecule is CN=C(NCc1csc(N(C)C)n1)N1CCN(Cc2ccc(Cl)s2)CC1. The summed E-state index contributed by atoms with van der Waals surface area (Å²) in [5.41, 5.74) is 1.05. The fourth-order valence-electron chi connectivity index (χ4n) is 2.86. The number of nitrogens with zero attached hydrogens (tertiary/aromatic N) is 5. The monoisotopic (exact) mass is 412 g/mol. The number of anilines is 1. The Kier molecular flexibility index (Phi) is 6.74. The standard InChI is InChI=1S/C17H25ClN6S2/c1-19-16(20-10-13-12-25-17(21-13)22(2)3)24-8-6-23(7-9-24)11-14-4-5-15(18)26-14/h4-5,12H,6-11H2,1-3H3,(H,19,20). The number of halogens is 1. The number of hydrogen-bond donors (Lipinski definition) is 1. The number of thiophene rings is 1. The molecule has 1 fully saturated rings. The molecule has 3 heterocycles. The lowest BCUT2D eigenvalue weighted by molar-refractivity contribution is 0.173. The van der Waals surface area contributed by atoms with Crippen molar-refractivity contribution in [3.8, 4) is 0 Å². The molecule has 0 spiro atoms. The lowest BCUT2D eigenvalue weighted by Gasteiger charge is -2.36. The molecule has 2 aromatic rings. The minimum atomic E-state index is 0.699. The Bertz CT molecular complexity index is 733. The highest BCUT2D eigenvalue weighted by Gasteiger charge is 2.20. The molecule has 6 nitrogen and oxygen atoms in total. The van der Waals surface area contributed by atoms with Crippen LogP contribution >= 0.6 is 34.3 Å². The van der Waals surface area contributed by atoms with Crippen molar-refractivity contribution < 1.29 is 0 Å². The maximum absolute atomic E-state index is 6.03. The quantitative estimate of drug-likeness (QED) is 0.604. The van der Waals surface area contributed by atoms with Crippen molar-refractivity contribution in [1.82, 2.24) is 20.1 Å². The van der Waals surface area contributed by atoms with E-state index in [9.17, 15) is 0 Å². The molecule has 0 atom stereocenters. The second-order valence-electron chi connectivity index (χ2n) is 6.39. The number of piperazine rings is 1. The van der Waals surface area contributed by atoms with Gasteiger partial charge in [0.25, 0.3) is 0 Å². The van der Waals surface area contributed by atoms with Crippen molar-refractivity contribution in [3.05, 3.63) is 32.4 Å². The molecule has 9 heteroatoms. The third-order valence-corrected chi connectivity index (χ3v) is 6.51. The minimum Gasteiger partial charge on any atom is -0.354 e. The summed E-state index contributed by atoms with van der Waals surface area (Å²) >= 11 is 9.36. The Morgan fingerprint density at radius 2 is 2.08 bits per heavy atom. The third-order valence-electron chi connectivity index (χ3n) is 4.24. The molecule has 0 aliphatic carbocycles. The summed E-state index contributed by atoms with van der Waals surface area (Å²) in [6, 6.07) is 4.10. The van der Waals surface area contributed by atoms with E-state index < -0.39 is 0 Å². The van der Waals surface area contributed by atoms with Gasteiger partial charge in [-0.25, -0.2) is 4.98 Å². The number of rotatable bonds is 5. The van der Waals surface area contributed by atoms with Crippen LogP contribution in [0.1, 0.15) is 10.6 Å². The fourth-order valence-corrected chi connectivity index (χ4v) is 4.75. The first-order valence-electron chi connectivity index (χ1n) is 8.59. The molecule has 142 valence electrons. The molecule has 0 saturated carbocycles. The van der Waals surface area contributed by atoms with E-state index in [1.165, 1.54) is 4.88 Å². The van der Waals surface area contributed by atoms with Gasteiger partial charge in [-0.05, 0) is 12.1 Å². The van der Waals surface area contributed by atoms with Gasteiger partial charge in [-0.1, -0.05) is 11.6 Å². The number of aromatic nitrogens is 1. The highest BCUT2D eigenvalue weighted by molar-refractivity contribution is 7.16. The van der Waals surface area contributed by atoms with Gasteiger partial charge in [0, 0.05) is 64.1 Å². The van der Waals surface area contributed by atoms with E-state index in [0.29, 0.717) is 6.54 Å². The highest BCUT2D eigenvalue weighted by Crippen LogP contribution is 2.23. The van der Waals surface area contributed by atoms with Crippen LogP contribution in [0.5, 0.6) is 0 Å². The van der Waals surface area contributed by atoms with Crippen LogP contribution in [-0.2, 0) is 13.1 Å². The molecule has 1 aliphatic rings. The zero-order valence-corrected chi connectivity index (χ0v) is 17.8. The number of nitrogens with one attached hydrogen (secondary N) is 1. The topological polar surface area (TPSA) is 47.0 Å². The van der Waals surface area contributed by atoms with E-state index in [1.807, 2.05) is 32.1 Å². The van der Waals surface area contributed by atoms with Crippen LogP contribution in [0.2, 0.25) is 4.34 Å². The summed E-state index contributed by atoms with van der Waals surface area (Å²) in [6.07, 6.45) is 0. The first-order valence-corrected chi connectivity index (χ1v) is 10.7. The number of hydrogen-bond acceptors (Lipinski definition) is 6. The van der Waals surface area contributed by atoms with E-state index in [4.69, 9.17) is 11.6 Å². The van der Waals surface area contributed by atoms with Crippen molar-refractivity contribution >= 4 is 45.4 Å². The average molecular weight is 413 g/mol. The Morgan fingerprint density at radius 1 is 1.31 bits per heavy atom. The van der Waals surface area contributed by atoms with Gasteiger partial charge in [0.2, 0.25) is 0 Å². The van der Waals surface area contributed by atoms with Crippen LogP contribution in [0.3, 0.4) is 0 Å². The molecule has 2 aromatic heterocycles. The normalized spacial score (nSPS) is 16.2. The van der Waals surface area contributed by atoms with Crippen molar-refractivity contribution in [1.29, 1.82) is 0 Å². The van der Waals surface area contributed by atoms with Gasteiger partial charge in [-0.2, -0.15) is 0 Å². The second-order valence-corrected chi connectivity index (χ2v) is 9.02. The molecule has 3 rings (SSSR count). The number of guanidine groups is 1. The molecular weight excluding hydrogens is 388 g/mol. The van der Waals surface area contributed by atoms with E-state index >= 15 is 0 Å². The van der Waals surface area contributed by atoms with Crippen LogP contribution in [0.4, 0.5) is 5.13 Å². The predicted molar refractivity (Wildman–Crippen MR) is 113 cm³/mol. The smallest absolute Gasteiger partial charge is 0.194 e. The summed E-state index contributed by atoms with van der Waals surface area (Å²) in [4.78, 5) is 17.2. The molecule has 26 heavy (non-hydrogen) atoms. The van der Waals surface area contributed by atoms with Gasteiger partial charge in [0.1, 0.15) is 0 Å². The molecule has 1 N–H and O–H groups in total. The molecule has 1 saturated heterocycles. The minimum absolute atomic E-state index is 0.699. The van der Waals surface area contributed by atoms with Crippen molar-refractivity contribution in [3.63, 3.8) is 0 Å². The van der Waals surface area contributed by atoms with Gasteiger partial charge in [-0.15, -0.1) is 22.7 Å². The highest BCUT2D eigenvalue weighted by atomic mass is 35.5. The van der Waals surface area contributed by atoms with Crippen molar-refractivity contribution in [2.24, 2.45) is 4.99 Å². The Balaban J connectivity index is 1.47. The summed E-state index contributed by atoms with van der Waals surface area (Å²) in [5, 5.41) is 6.57. The van der Waals surface area contributed by atoms with Gasteiger partial charge in [0.15, 0.2) is 11.1 Å². The molecule has 1 aliphatic heterocycles. The van der Waals surface area contributed by atoms with E-state index in [-0.39, 0.29) is 0 Å². The summed E-state index contributed by atoms with van der Waals surface area (Å²) in [6.45, 7) is 5.67. The summed E-state index contributed by atoms with van der Waals surface area (Å²) in [5.74, 6) is 0.947. The van der Waals surface area contributed by atoms with Gasteiger partial charge in [-0.3, -0.25) is 9.89 Å². The maximum Gasteiger partial charge on any atom is 0.194 e. The van der Waals surface area contributed by atoms with Crippen LogP contribution in [-0.4, -0.2) is 68.1 Å². The number of aliphatic imine (C=N–C) groups is 1. The van der Waals surface area contributed by atoms with Gasteiger partial charge >= 0.3 is 0 Å². The van der Waals surface area contributed by atoms with Crippen LogP contribution in [0.25, 0.3) is 0 Å². The van der Waals surface area contributed by atoms with E-state index in [2.05, 4.69) is 36.5 Å². The average Bonchev–Trinajstić information content (AvgIpc) is 3.26. The lowest BCUT2D eigenvalue weighted by Crippen LogP contribution is -2.52. The zero-order chi connectivity index (χ0) is 18.5. The van der Waals surface area contributed by atoms with Gasteiger partial charge < -0.3 is 15.1 Å². The Labute approximate surface area is 168 Å². The number of thiazole rings is 1. The predicted octanol–water partition coefficient (Wildman–Crippen LogP) is 2.82. The largest absolute Gasteiger partial charge is 0.354 e. The molecular formula is C17H25ClN6S2. The summed E-state index contributed by atoms with van der Waals surface area (Å²) in [7, 11) is 5.87. The fraction of sp³-hybridized carbons (Fsp3) is 0.529.